The van der Waals surface area contributed by atoms with Crippen molar-refractivity contribution in [3.8, 4) is 0 Å². The Morgan fingerprint density at radius 3 is 2.88 bits per heavy atom. The fraction of sp³-hybridized carbons (Fsp3) is 0.571. The normalized spacial score (nSPS) is 17.3. The Hall–Kier alpha value is -2.17. The van der Waals surface area contributed by atoms with Crippen molar-refractivity contribution >= 4 is 5.91 Å². The zero-order chi connectivity index (χ0) is 18.7. The molecular formula is C21H30N4O. The van der Waals surface area contributed by atoms with Gasteiger partial charge < -0.3 is 4.90 Å². The Labute approximate surface area is 156 Å². The Kier molecular flexibility index (Phi) is 5.74. The molecule has 0 aliphatic carbocycles. The Balaban J connectivity index is 1.67. The highest BCUT2D eigenvalue weighted by atomic mass is 16.2. The van der Waals surface area contributed by atoms with Crippen molar-refractivity contribution in [2.75, 3.05) is 6.54 Å². The topological polar surface area (TPSA) is 51.0 Å². The van der Waals surface area contributed by atoms with E-state index in [0.29, 0.717) is 17.7 Å². The highest BCUT2D eigenvalue weighted by molar-refractivity contribution is 5.93. The van der Waals surface area contributed by atoms with E-state index in [-0.39, 0.29) is 5.91 Å². The van der Waals surface area contributed by atoms with E-state index in [1.165, 1.54) is 5.56 Å². The lowest BCUT2D eigenvalue weighted by atomic mass is 10.0. The molecule has 0 saturated carbocycles. The lowest BCUT2D eigenvalue weighted by Gasteiger charge is -2.24. The van der Waals surface area contributed by atoms with E-state index in [1.54, 1.807) is 4.68 Å². The highest BCUT2D eigenvalue weighted by Crippen LogP contribution is 2.24. The number of nitrogens with zero attached hydrogens (tertiary/aromatic N) is 4. The molecule has 5 heteroatoms. The van der Waals surface area contributed by atoms with Gasteiger partial charge >= 0.3 is 0 Å². The van der Waals surface area contributed by atoms with Crippen LogP contribution in [0.1, 0.15) is 60.5 Å². The summed E-state index contributed by atoms with van der Waals surface area (Å²) < 4.78 is 1.75. The second-order valence-electron chi connectivity index (χ2n) is 7.88. The lowest BCUT2D eigenvalue weighted by molar-refractivity contribution is 0.0719. The maximum Gasteiger partial charge on any atom is 0.272 e. The van der Waals surface area contributed by atoms with Crippen molar-refractivity contribution in [2.45, 2.75) is 58.9 Å². The summed E-state index contributed by atoms with van der Waals surface area (Å²) in [7, 11) is 1.88. The molecule has 0 radical (unpaired) electrons. The van der Waals surface area contributed by atoms with Gasteiger partial charge in [-0.1, -0.05) is 13.8 Å². The average molecular weight is 354 g/mol. The second kappa shape index (κ2) is 8.02. The minimum atomic E-state index is 0.128. The smallest absolute Gasteiger partial charge is 0.272 e. The first-order valence-electron chi connectivity index (χ1n) is 9.69. The van der Waals surface area contributed by atoms with E-state index in [2.05, 4.69) is 41.0 Å². The van der Waals surface area contributed by atoms with Gasteiger partial charge in [-0.15, -0.1) is 0 Å². The molecule has 1 aliphatic rings. The van der Waals surface area contributed by atoms with Gasteiger partial charge in [0, 0.05) is 31.5 Å². The zero-order valence-electron chi connectivity index (χ0n) is 16.4. The maximum atomic E-state index is 13.1. The van der Waals surface area contributed by atoms with E-state index >= 15 is 0 Å². The van der Waals surface area contributed by atoms with Gasteiger partial charge in [-0.25, -0.2) is 0 Å². The van der Waals surface area contributed by atoms with Crippen LogP contribution in [0.15, 0.2) is 24.4 Å². The number of hydrogen-bond acceptors (Lipinski definition) is 3. The minimum Gasteiger partial charge on any atom is -0.334 e. The summed E-state index contributed by atoms with van der Waals surface area (Å²) in [6, 6.07) is 6.51. The van der Waals surface area contributed by atoms with Gasteiger partial charge in [0.25, 0.3) is 5.91 Å². The molecule has 0 N–H and O–H groups in total. The summed E-state index contributed by atoms with van der Waals surface area (Å²) in [6.45, 7) is 7.22. The van der Waals surface area contributed by atoms with Crippen LogP contribution >= 0.6 is 0 Å². The van der Waals surface area contributed by atoms with E-state index in [0.717, 1.165) is 50.0 Å². The summed E-state index contributed by atoms with van der Waals surface area (Å²) >= 11 is 0. The van der Waals surface area contributed by atoms with Gasteiger partial charge in [-0.3, -0.25) is 14.5 Å². The fourth-order valence-corrected chi connectivity index (χ4v) is 3.89. The standard InChI is InChI=1S/C21H30N4O/c1-15(2)12-18-14-20(24(4)23-18)21(26)25-11-5-6-19(25)8-7-17-9-10-22-16(3)13-17/h9-10,13-15,19H,5-8,11-12H2,1-4H3. The molecule has 3 rings (SSSR count). The molecule has 3 heterocycles. The number of hydrogen-bond donors (Lipinski definition) is 0. The molecule has 1 amide bonds. The Morgan fingerprint density at radius 2 is 2.15 bits per heavy atom. The third kappa shape index (κ3) is 4.32. The van der Waals surface area contributed by atoms with Gasteiger partial charge in [-0.05, 0) is 68.7 Å². The van der Waals surface area contributed by atoms with Crippen LogP contribution in [0, 0.1) is 12.8 Å². The molecule has 26 heavy (non-hydrogen) atoms. The molecule has 2 aromatic rings. The zero-order valence-corrected chi connectivity index (χ0v) is 16.4. The largest absolute Gasteiger partial charge is 0.334 e. The molecule has 2 aromatic heterocycles. The number of rotatable bonds is 6. The molecule has 0 bridgehead atoms. The molecule has 5 nitrogen and oxygen atoms in total. The van der Waals surface area contributed by atoms with Crippen molar-refractivity contribution in [1.82, 2.24) is 19.7 Å². The highest BCUT2D eigenvalue weighted by Gasteiger charge is 2.30. The molecule has 1 saturated heterocycles. The minimum absolute atomic E-state index is 0.128. The van der Waals surface area contributed by atoms with Gasteiger partial charge in [-0.2, -0.15) is 5.10 Å². The number of carbonyl (C=O) groups excluding carboxylic acids is 1. The Bertz CT molecular complexity index is 765. The van der Waals surface area contributed by atoms with E-state index in [9.17, 15) is 4.79 Å². The molecular weight excluding hydrogens is 324 g/mol. The van der Waals surface area contributed by atoms with Gasteiger partial charge in [0.1, 0.15) is 5.69 Å². The molecule has 1 unspecified atom stereocenters. The second-order valence-corrected chi connectivity index (χ2v) is 7.88. The summed E-state index contributed by atoms with van der Waals surface area (Å²) in [5, 5.41) is 4.53. The van der Waals surface area contributed by atoms with E-state index in [4.69, 9.17) is 0 Å². The van der Waals surface area contributed by atoms with Crippen LogP contribution in [-0.2, 0) is 19.9 Å². The van der Waals surface area contributed by atoms with Crippen LogP contribution in [-0.4, -0.2) is 38.2 Å². The van der Waals surface area contributed by atoms with Gasteiger partial charge in [0.05, 0.1) is 5.69 Å². The van der Waals surface area contributed by atoms with Crippen molar-refractivity contribution in [1.29, 1.82) is 0 Å². The van der Waals surface area contributed by atoms with Gasteiger partial charge in [0.15, 0.2) is 0 Å². The molecule has 140 valence electrons. The predicted octanol–water partition coefficient (Wildman–Crippen LogP) is 3.56. The van der Waals surface area contributed by atoms with Crippen LogP contribution in [0.2, 0.25) is 0 Å². The fourth-order valence-electron chi connectivity index (χ4n) is 3.89. The summed E-state index contributed by atoms with van der Waals surface area (Å²) in [6.07, 6.45) is 6.95. The number of carbonyl (C=O) groups is 1. The van der Waals surface area contributed by atoms with E-state index in [1.807, 2.05) is 26.2 Å². The first-order chi connectivity index (χ1) is 12.4. The molecule has 1 aliphatic heterocycles. The van der Waals surface area contributed by atoms with Crippen LogP contribution < -0.4 is 0 Å². The first-order valence-corrected chi connectivity index (χ1v) is 9.69. The van der Waals surface area contributed by atoms with Crippen molar-refractivity contribution < 1.29 is 4.79 Å². The third-order valence-corrected chi connectivity index (χ3v) is 5.13. The first kappa shape index (κ1) is 18.6. The number of likely N-dealkylation sites (tertiary alicyclic amines) is 1. The SMILES string of the molecule is Cc1cc(CCC2CCCN2C(=O)c2cc(CC(C)C)nn2C)ccn1. The van der Waals surface area contributed by atoms with Crippen molar-refractivity contribution in [3.63, 3.8) is 0 Å². The van der Waals surface area contributed by atoms with Crippen molar-refractivity contribution in [3.05, 3.63) is 47.0 Å². The number of aromatic nitrogens is 3. The molecule has 1 atom stereocenters. The number of aryl methyl sites for hydroxylation is 3. The number of amides is 1. The predicted molar refractivity (Wildman–Crippen MR) is 103 cm³/mol. The van der Waals surface area contributed by atoms with Crippen molar-refractivity contribution in [2.24, 2.45) is 13.0 Å². The van der Waals surface area contributed by atoms with Crippen LogP contribution in [0.25, 0.3) is 0 Å². The number of pyridine rings is 1. The van der Waals surface area contributed by atoms with Gasteiger partial charge in [0.2, 0.25) is 0 Å². The summed E-state index contributed by atoms with van der Waals surface area (Å²) in [5.41, 5.74) is 4.08. The van der Waals surface area contributed by atoms with Crippen LogP contribution in [0.5, 0.6) is 0 Å². The Morgan fingerprint density at radius 1 is 1.35 bits per heavy atom. The average Bonchev–Trinajstić information content (AvgIpc) is 3.18. The summed E-state index contributed by atoms with van der Waals surface area (Å²) in [5.74, 6) is 0.666. The lowest BCUT2D eigenvalue weighted by Crippen LogP contribution is -2.36. The van der Waals surface area contributed by atoms with Crippen LogP contribution in [0.3, 0.4) is 0 Å². The monoisotopic (exact) mass is 354 g/mol. The molecule has 0 aromatic carbocycles. The van der Waals surface area contributed by atoms with Crippen LogP contribution in [0.4, 0.5) is 0 Å². The maximum absolute atomic E-state index is 13.1. The quantitative estimate of drug-likeness (QED) is 0.797. The molecule has 0 spiro atoms. The van der Waals surface area contributed by atoms with E-state index < -0.39 is 0 Å². The summed E-state index contributed by atoms with van der Waals surface area (Å²) in [4.78, 5) is 19.4. The molecule has 1 fully saturated rings. The third-order valence-electron chi connectivity index (χ3n) is 5.13.